The van der Waals surface area contributed by atoms with Crippen molar-refractivity contribution in [1.82, 2.24) is 10.6 Å². The average molecular weight is 362 g/mol. The molecule has 0 radical (unpaired) electrons. The monoisotopic (exact) mass is 362 g/mol. The van der Waals surface area contributed by atoms with E-state index < -0.39 is 6.04 Å². The van der Waals surface area contributed by atoms with Crippen molar-refractivity contribution in [3.05, 3.63) is 54.3 Å². The summed E-state index contributed by atoms with van der Waals surface area (Å²) in [5, 5.41) is 6.11. The number of aryl methyl sites for hydroxylation is 1. The lowest BCUT2D eigenvalue weighted by atomic mass is 10.2. The summed E-state index contributed by atoms with van der Waals surface area (Å²) in [5.74, 6) is 0.417. The van der Waals surface area contributed by atoms with Crippen molar-refractivity contribution in [2.45, 2.75) is 19.9 Å². The minimum atomic E-state index is -0.420. The van der Waals surface area contributed by atoms with Crippen molar-refractivity contribution in [1.29, 1.82) is 0 Å². The van der Waals surface area contributed by atoms with Gasteiger partial charge < -0.3 is 20.3 Å². The molecule has 0 saturated carbocycles. The van der Waals surface area contributed by atoms with Crippen LogP contribution < -0.4 is 15.5 Å². The SMILES string of the molecule is C=C(/N=C\C(=C)OC)NCCNC(C)C(=O)N(C)c1ccc(C)c(F)c1. The molecule has 1 amide bonds. The van der Waals surface area contributed by atoms with Gasteiger partial charge in [0.2, 0.25) is 5.91 Å². The van der Waals surface area contributed by atoms with E-state index in [0.717, 1.165) is 0 Å². The van der Waals surface area contributed by atoms with E-state index >= 15 is 0 Å². The molecule has 0 aliphatic heterocycles. The van der Waals surface area contributed by atoms with Crippen LogP contribution in [0.15, 0.2) is 47.9 Å². The van der Waals surface area contributed by atoms with Crippen LogP contribution in [0.3, 0.4) is 0 Å². The maximum Gasteiger partial charge on any atom is 0.243 e. The molecule has 0 heterocycles. The van der Waals surface area contributed by atoms with Gasteiger partial charge in [-0.2, -0.15) is 0 Å². The van der Waals surface area contributed by atoms with Crippen molar-refractivity contribution in [3.8, 4) is 0 Å². The Morgan fingerprint density at radius 3 is 2.73 bits per heavy atom. The van der Waals surface area contributed by atoms with Crippen LogP contribution in [0, 0.1) is 12.7 Å². The predicted molar refractivity (Wildman–Crippen MR) is 104 cm³/mol. The molecule has 1 aromatic rings. The van der Waals surface area contributed by atoms with E-state index in [4.69, 9.17) is 4.74 Å². The summed E-state index contributed by atoms with van der Waals surface area (Å²) in [6, 6.07) is 4.31. The summed E-state index contributed by atoms with van der Waals surface area (Å²) in [4.78, 5) is 17.9. The number of anilines is 1. The zero-order valence-electron chi connectivity index (χ0n) is 15.8. The van der Waals surface area contributed by atoms with Crippen molar-refractivity contribution < 1.29 is 13.9 Å². The molecule has 1 unspecified atom stereocenters. The number of aliphatic imine (C=N–C) groups is 1. The Balaban J connectivity index is 2.42. The molecule has 0 saturated heterocycles. The van der Waals surface area contributed by atoms with Crippen LogP contribution in [0.1, 0.15) is 12.5 Å². The molecular weight excluding hydrogens is 335 g/mol. The number of nitrogens with one attached hydrogen (secondary N) is 2. The minimum absolute atomic E-state index is 0.151. The lowest BCUT2D eigenvalue weighted by molar-refractivity contribution is -0.119. The van der Waals surface area contributed by atoms with Gasteiger partial charge in [-0.25, -0.2) is 9.38 Å². The summed E-state index contributed by atoms with van der Waals surface area (Å²) >= 11 is 0. The molecule has 0 aliphatic rings. The quantitative estimate of drug-likeness (QED) is 0.381. The molecule has 7 heteroatoms. The number of amides is 1. The van der Waals surface area contributed by atoms with Crippen LogP contribution in [0.2, 0.25) is 0 Å². The second-order valence-electron chi connectivity index (χ2n) is 5.81. The first-order valence-corrected chi connectivity index (χ1v) is 8.23. The topological polar surface area (TPSA) is 66.0 Å². The van der Waals surface area contributed by atoms with Crippen LogP contribution in [-0.2, 0) is 9.53 Å². The average Bonchev–Trinajstić information content (AvgIpc) is 2.63. The van der Waals surface area contributed by atoms with E-state index in [-0.39, 0.29) is 11.7 Å². The molecule has 0 aromatic heterocycles. The highest BCUT2D eigenvalue weighted by molar-refractivity contribution is 5.96. The molecule has 0 aliphatic carbocycles. The van der Waals surface area contributed by atoms with Gasteiger partial charge in [-0.05, 0) is 31.5 Å². The lowest BCUT2D eigenvalue weighted by Gasteiger charge is -2.22. The predicted octanol–water partition coefficient (Wildman–Crippen LogP) is 2.37. The van der Waals surface area contributed by atoms with Gasteiger partial charge >= 0.3 is 0 Å². The molecule has 0 bridgehead atoms. The Bertz CT molecular complexity index is 688. The summed E-state index contributed by atoms with van der Waals surface area (Å²) in [6.07, 6.45) is 1.46. The molecule has 1 rings (SSSR count). The molecule has 1 atom stereocenters. The van der Waals surface area contributed by atoms with Crippen LogP contribution >= 0.6 is 0 Å². The van der Waals surface area contributed by atoms with E-state index in [0.29, 0.717) is 35.9 Å². The summed E-state index contributed by atoms with van der Waals surface area (Å²) < 4.78 is 18.5. The summed E-state index contributed by atoms with van der Waals surface area (Å²) in [6.45, 7) is 11.9. The number of rotatable bonds is 10. The van der Waals surface area contributed by atoms with Gasteiger partial charge in [0.05, 0.1) is 19.4 Å². The van der Waals surface area contributed by atoms with E-state index in [1.807, 2.05) is 0 Å². The molecule has 2 N–H and O–H groups in total. The van der Waals surface area contributed by atoms with E-state index in [1.54, 1.807) is 33.0 Å². The first kappa shape index (κ1) is 21.4. The van der Waals surface area contributed by atoms with Gasteiger partial charge in [0.1, 0.15) is 17.4 Å². The second-order valence-corrected chi connectivity index (χ2v) is 5.81. The van der Waals surface area contributed by atoms with E-state index in [1.165, 1.54) is 24.3 Å². The number of ether oxygens (including phenoxy) is 1. The number of benzene rings is 1. The highest BCUT2D eigenvalue weighted by atomic mass is 19.1. The van der Waals surface area contributed by atoms with Crippen LogP contribution in [0.5, 0.6) is 0 Å². The fourth-order valence-electron chi connectivity index (χ4n) is 2.04. The number of allylic oxidation sites excluding steroid dienone is 1. The zero-order valence-corrected chi connectivity index (χ0v) is 15.8. The molecule has 0 spiro atoms. The van der Waals surface area contributed by atoms with E-state index in [2.05, 4.69) is 28.8 Å². The third kappa shape index (κ3) is 6.68. The molecule has 6 nitrogen and oxygen atoms in total. The maximum absolute atomic E-state index is 13.7. The number of nitrogens with zero attached hydrogens (tertiary/aromatic N) is 2. The van der Waals surface area contributed by atoms with Crippen molar-refractivity contribution >= 4 is 17.8 Å². The second kappa shape index (κ2) is 10.4. The standard InChI is InChI=1S/C19H27FN4O2/c1-13-7-8-17(11-18(13)20)24(5)19(25)15(3)21-9-10-22-16(4)23-12-14(2)26-6/h7-8,11-12,15,21-22H,2,4,9-10H2,1,3,5-6H3/b23-12-. The van der Waals surface area contributed by atoms with Crippen LogP contribution in [0.25, 0.3) is 0 Å². The number of carbonyl (C=O) groups excluding carboxylic acids is 1. The number of halogens is 1. The Kier molecular flexibility index (Phi) is 8.51. The fourth-order valence-corrected chi connectivity index (χ4v) is 2.04. The Morgan fingerprint density at radius 2 is 2.12 bits per heavy atom. The molecule has 1 aromatic carbocycles. The van der Waals surface area contributed by atoms with Crippen LogP contribution in [0.4, 0.5) is 10.1 Å². The number of carbonyl (C=O) groups is 1. The highest BCUT2D eigenvalue weighted by Gasteiger charge is 2.18. The van der Waals surface area contributed by atoms with Gasteiger partial charge in [-0.1, -0.05) is 19.2 Å². The smallest absolute Gasteiger partial charge is 0.243 e. The third-order valence-corrected chi connectivity index (χ3v) is 3.77. The Labute approximate surface area is 154 Å². The summed E-state index contributed by atoms with van der Waals surface area (Å²) in [7, 11) is 3.14. The van der Waals surface area contributed by atoms with Gasteiger partial charge in [-0.15, -0.1) is 0 Å². The van der Waals surface area contributed by atoms with Crippen molar-refractivity contribution in [2.75, 3.05) is 32.1 Å². The van der Waals surface area contributed by atoms with Gasteiger partial charge in [0.15, 0.2) is 0 Å². The first-order chi connectivity index (χ1) is 12.3. The van der Waals surface area contributed by atoms with Gasteiger partial charge in [0, 0.05) is 25.8 Å². The lowest BCUT2D eigenvalue weighted by Crippen LogP contribution is -2.45. The molecule has 26 heavy (non-hydrogen) atoms. The largest absolute Gasteiger partial charge is 0.496 e. The maximum atomic E-state index is 13.7. The molecular formula is C19H27FN4O2. The minimum Gasteiger partial charge on any atom is -0.496 e. The Hall–Kier alpha value is -2.67. The zero-order chi connectivity index (χ0) is 19.7. The van der Waals surface area contributed by atoms with E-state index in [9.17, 15) is 9.18 Å². The van der Waals surface area contributed by atoms with Crippen molar-refractivity contribution in [2.24, 2.45) is 4.99 Å². The first-order valence-electron chi connectivity index (χ1n) is 8.23. The normalized spacial score (nSPS) is 11.9. The summed E-state index contributed by atoms with van der Waals surface area (Å²) in [5.41, 5.74) is 1.06. The molecule has 142 valence electrons. The highest BCUT2D eigenvalue weighted by Crippen LogP contribution is 2.17. The Morgan fingerprint density at radius 1 is 1.42 bits per heavy atom. The van der Waals surface area contributed by atoms with Crippen molar-refractivity contribution in [3.63, 3.8) is 0 Å². The third-order valence-electron chi connectivity index (χ3n) is 3.77. The van der Waals surface area contributed by atoms with Gasteiger partial charge in [-0.3, -0.25) is 4.79 Å². The molecule has 0 fully saturated rings. The number of likely N-dealkylation sites (N-methyl/N-ethyl adjacent to an activating group) is 1. The number of hydrogen-bond donors (Lipinski definition) is 2. The fraction of sp³-hybridized carbons (Fsp3) is 0.368. The van der Waals surface area contributed by atoms with Gasteiger partial charge in [0.25, 0.3) is 0 Å². The van der Waals surface area contributed by atoms with Crippen LogP contribution in [-0.4, -0.2) is 45.4 Å². The number of hydrogen-bond acceptors (Lipinski definition) is 5. The number of methoxy groups -OCH3 is 1.